The van der Waals surface area contributed by atoms with Gasteiger partial charge in [-0.05, 0) is 25.3 Å². The number of hydrogen-bond acceptors (Lipinski definition) is 3. The molecule has 0 heterocycles. The molecule has 1 amide bonds. The van der Waals surface area contributed by atoms with Crippen LogP contribution in [0.4, 0.5) is 0 Å². The highest BCUT2D eigenvalue weighted by molar-refractivity contribution is 5.81. The van der Waals surface area contributed by atoms with Crippen molar-refractivity contribution in [3.8, 4) is 0 Å². The number of benzene rings is 1. The minimum absolute atomic E-state index is 0.172. The Morgan fingerprint density at radius 1 is 1.41 bits per heavy atom. The molecule has 1 aromatic carbocycles. The summed E-state index contributed by atoms with van der Waals surface area (Å²) < 4.78 is 0. The Hall–Kier alpha value is -1.39. The molecule has 17 heavy (non-hydrogen) atoms. The number of nitrogens with one attached hydrogen (secondary N) is 1. The fourth-order valence-electron chi connectivity index (χ4n) is 1.50. The molecule has 0 aliphatic carbocycles. The van der Waals surface area contributed by atoms with Crippen molar-refractivity contribution in [1.82, 2.24) is 5.32 Å². The van der Waals surface area contributed by atoms with Crippen molar-refractivity contribution in [1.29, 1.82) is 0 Å². The summed E-state index contributed by atoms with van der Waals surface area (Å²) in [6.45, 7) is 2.15. The third-order valence-corrected chi connectivity index (χ3v) is 2.50. The van der Waals surface area contributed by atoms with Gasteiger partial charge in [0.05, 0.1) is 12.1 Å². The van der Waals surface area contributed by atoms with Crippen LogP contribution in [0.15, 0.2) is 30.3 Å². The van der Waals surface area contributed by atoms with E-state index in [2.05, 4.69) is 5.32 Å². The van der Waals surface area contributed by atoms with Gasteiger partial charge in [-0.3, -0.25) is 4.79 Å². The Kier molecular flexibility index (Phi) is 5.66. The SMILES string of the molecule is C[C@@H](O)CCNC(=O)[C@H](N)Cc1ccccc1. The normalized spacial score (nSPS) is 14.1. The molecule has 0 radical (unpaired) electrons. The number of nitrogens with two attached hydrogens (primary N) is 1. The summed E-state index contributed by atoms with van der Waals surface area (Å²) in [6, 6.07) is 9.14. The van der Waals surface area contributed by atoms with Crippen LogP contribution in [0, 0.1) is 0 Å². The first-order chi connectivity index (χ1) is 8.09. The zero-order valence-electron chi connectivity index (χ0n) is 10.1. The molecule has 4 N–H and O–H groups in total. The van der Waals surface area contributed by atoms with Gasteiger partial charge in [0.1, 0.15) is 0 Å². The average molecular weight is 236 g/mol. The molecule has 0 saturated heterocycles. The van der Waals surface area contributed by atoms with Gasteiger partial charge in [0.15, 0.2) is 0 Å². The van der Waals surface area contributed by atoms with Crippen molar-refractivity contribution in [3.63, 3.8) is 0 Å². The number of amides is 1. The fraction of sp³-hybridized carbons (Fsp3) is 0.462. The van der Waals surface area contributed by atoms with E-state index in [-0.39, 0.29) is 5.91 Å². The van der Waals surface area contributed by atoms with Gasteiger partial charge >= 0.3 is 0 Å². The van der Waals surface area contributed by atoms with E-state index >= 15 is 0 Å². The zero-order chi connectivity index (χ0) is 12.7. The second kappa shape index (κ2) is 7.04. The molecule has 0 aliphatic heterocycles. The van der Waals surface area contributed by atoms with E-state index in [1.807, 2.05) is 30.3 Å². The van der Waals surface area contributed by atoms with E-state index in [1.165, 1.54) is 0 Å². The lowest BCUT2D eigenvalue weighted by Gasteiger charge is -2.12. The molecule has 1 rings (SSSR count). The lowest BCUT2D eigenvalue weighted by Crippen LogP contribution is -2.42. The molecule has 0 aliphatic rings. The predicted octanol–water partition coefficient (Wildman–Crippen LogP) is 0.444. The molecule has 4 nitrogen and oxygen atoms in total. The third-order valence-electron chi connectivity index (χ3n) is 2.50. The molecule has 0 bridgehead atoms. The second-order valence-corrected chi connectivity index (χ2v) is 4.22. The smallest absolute Gasteiger partial charge is 0.237 e. The molecule has 94 valence electrons. The topological polar surface area (TPSA) is 75.3 Å². The maximum absolute atomic E-state index is 11.6. The molecule has 2 atom stereocenters. The zero-order valence-corrected chi connectivity index (χ0v) is 10.1. The summed E-state index contributed by atoms with van der Waals surface area (Å²) in [5.41, 5.74) is 6.84. The Bertz CT molecular complexity index is 339. The lowest BCUT2D eigenvalue weighted by atomic mass is 10.1. The summed E-state index contributed by atoms with van der Waals surface area (Å²) in [4.78, 5) is 11.6. The van der Waals surface area contributed by atoms with Crippen LogP contribution >= 0.6 is 0 Å². The number of carbonyl (C=O) groups is 1. The second-order valence-electron chi connectivity index (χ2n) is 4.22. The third kappa shape index (κ3) is 5.47. The van der Waals surface area contributed by atoms with Crippen LogP contribution in [0.25, 0.3) is 0 Å². The van der Waals surface area contributed by atoms with Crippen molar-refractivity contribution in [2.45, 2.75) is 31.9 Å². The first-order valence-corrected chi connectivity index (χ1v) is 5.85. The molecule has 0 aromatic heterocycles. The van der Waals surface area contributed by atoms with Crippen molar-refractivity contribution >= 4 is 5.91 Å². The van der Waals surface area contributed by atoms with E-state index in [4.69, 9.17) is 10.8 Å². The maximum atomic E-state index is 11.6. The van der Waals surface area contributed by atoms with Gasteiger partial charge < -0.3 is 16.2 Å². The Balaban J connectivity index is 2.32. The molecular weight excluding hydrogens is 216 g/mol. The van der Waals surface area contributed by atoms with Crippen LogP contribution in [0.2, 0.25) is 0 Å². The van der Waals surface area contributed by atoms with Gasteiger partial charge in [-0.2, -0.15) is 0 Å². The first-order valence-electron chi connectivity index (χ1n) is 5.85. The largest absolute Gasteiger partial charge is 0.393 e. The quantitative estimate of drug-likeness (QED) is 0.671. The van der Waals surface area contributed by atoms with Crippen LogP contribution in [-0.2, 0) is 11.2 Å². The number of rotatable bonds is 6. The standard InChI is InChI=1S/C13H20N2O2/c1-10(16)7-8-15-13(17)12(14)9-11-5-3-2-4-6-11/h2-6,10,12,16H,7-9,14H2,1H3,(H,15,17)/t10-,12-/m1/s1. The Morgan fingerprint density at radius 3 is 2.65 bits per heavy atom. The monoisotopic (exact) mass is 236 g/mol. The summed E-state index contributed by atoms with van der Waals surface area (Å²) >= 11 is 0. The van der Waals surface area contributed by atoms with Crippen LogP contribution in [0.5, 0.6) is 0 Å². The molecule has 0 saturated carbocycles. The van der Waals surface area contributed by atoms with Crippen LogP contribution in [0.3, 0.4) is 0 Å². The van der Waals surface area contributed by atoms with Gasteiger partial charge in [-0.15, -0.1) is 0 Å². The van der Waals surface area contributed by atoms with Crippen molar-refractivity contribution in [2.75, 3.05) is 6.54 Å². The van der Waals surface area contributed by atoms with E-state index < -0.39 is 12.1 Å². The predicted molar refractivity (Wildman–Crippen MR) is 67.4 cm³/mol. The summed E-state index contributed by atoms with van der Waals surface area (Å²) in [6.07, 6.45) is 0.672. The van der Waals surface area contributed by atoms with E-state index in [0.717, 1.165) is 5.56 Å². The Labute approximate surface area is 102 Å². The molecule has 0 unspecified atom stereocenters. The van der Waals surface area contributed by atoms with E-state index in [1.54, 1.807) is 6.92 Å². The minimum Gasteiger partial charge on any atom is -0.393 e. The number of hydrogen-bond donors (Lipinski definition) is 3. The van der Waals surface area contributed by atoms with Crippen LogP contribution < -0.4 is 11.1 Å². The molecular formula is C13H20N2O2. The van der Waals surface area contributed by atoms with Gasteiger partial charge in [0.2, 0.25) is 5.91 Å². The number of aliphatic hydroxyl groups excluding tert-OH is 1. The van der Waals surface area contributed by atoms with Crippen LogP contribution in [0.1, 0.15) is 18.9 Å². The summed E-state index contributed by atoms with van der Waals surface area (Å²) in [7, 11) is 0. The number of aliphatic hydroxyl groups is 1. The highest BCUT2D eigenvalue weighted by atomic mass is 16.3. The van der Waals surface area contributed by atoms with E-state index in [9.17, 15) is 4.79 Å². The summed E-state index contributed by atoms with van der Waals surface area (Å²) in [5, 5.41) is 11.8. The number of carbonyl (C=O) groups excluding carboxylic acids is 1. The average Bonchev–Trinajstić information content (AvgIpc) is 2.29. The van der Waals surface area contributed by atoms with Crippen molar-refractivity contribution in [2.24, 2.45) is 5.73 Å². The molecule has 4 heteroatoms. The van der Waals surface area contributed by atoms with Gasteiger partial charge in [0, 0.05) is 6.54 Å². The van der Waals surface area contributed by atoms with E-state index in [0.29, 0.717) is 19.4 Å². The fourth-order valence-corrected chi connectivity index (χ4v) is 1.50. The van der Waals surface area contributed by atoms with Crippen LogP contribution in [-0.4, -0.2) is 29.7 Å². The highest BCUT2D eigenvalue weighted by Gasteiger charge is 2.13. The summed E-state index contributed by atoms with van der Waals surface area (Å²) in [5.74, 6) is -0.172. The van der Waals surface area contributed by atoms with Crippen molar-refractivity contribution < 1.29 is 9.90 Å². The highest BCUT2D eigenvalue weighted by Crippen LogP contribution is 2.01. The van der Waals surface area contributed by atoms with Crippen molar-refractivity contribution in [3.05, 3.63) is 35.9 Å². The van der Waals surface area contributed by atoms with Gasteiger partial charge in [-0.25, -0.2) is 0 Å². The molecule has 0 spiro atoms. The van der Waals surface area contributed by atoms with Gasteiger partial charge in [0.25, 0.3) is 0 Å². The molecule has 1 aromatic rings. The molecule has 0 fully saturated rings. The minimum atomic E-state index is -0.536. The Morgan fingerprint density at radius 2 is 2.06 bits per heavy atom. The maximum Gasteiger partial charge on any atom is 0.237 e. The van der Waals surface area contributed by atoms with Gasteiger partial charge in [-0.1, -0.05) is 30.3 Å². The lowest BCUT2D eigenvalue weighted by molar-refractivity contribution is -0.122. The first kappa shape index (κ1) is 13.7.